The molecular formula is C17H20N4O3. The Bertz CT molecular complexity index is 710. The van der Waals surface area contributed by atoms with E-state index >= 15 is 0 Å². The van der Waals surface area contributed by atoms with Gasteiger partial charge in [-0.15, -0.1) is 0 Å². The standard InChI is InChI=1S/C17H20N4O3/c1-24-17(20-16-18-9-5-10-19-16)8-2-3-11-21(17)14-7-4-6-13(12-14)15(22)23/h4-7,9-10,12H,2-3,8,11H2,1H3,(H,22,23)(H,18,19,20). The van der Waals surface area contributed by atoms with Gasteiger partial charge in [0.2, 0.25) is 11.8 Å². The molecule has 0 bridgehead atoms. The topological polar surface area (TPSA) is 87.6 Å². The summed E-state index contributed by atoms with van der Waals surface area (Å²) in [6, 6.07) is 8.62. The fourth-order valence-corrected chi connectivity index (χ4v) is 3.03. The summed E-state index contributed by atoms with van der Waals surface area (Å²) in [6.07, 6.45) is 6.05. The second-order valence-electron chi connectivity index (χ2n) is 5.65. The van der Waals surface area contributed by atoms with Crippen LogP contribution in [-0.4, -0.2) is 40.5 Å². The smallest absolute Gasteiger partial charge is 0.335 e. The summed E-state index contributed by atoms with van der Waals surface area (Å²) in [5, 5.41) is 12.5. The Kier molecular flexibility index (Phi) is 4.61. The highest BCUT2D eigenvalue weighted by molar-refractivity contribution is 5.88. The largest absolute Gasteiger partial charge is 0.478 e. The van der Waals surface area contributed by atoms with Crippen LogP contribution in [0.25, 0.3) is 0 Å². The number of methoxy groups -OCH3 is 1. The van der Waals surface area contributed by atoms with E-state index in [4.69, 9.17) is 4.74 Å². The predicted octanol–water partition coefficient (Wildman–Crippen LogP) is 2.58. The predicted molar refractivity (Wildman–Crippen MR) is 90.0 cm³/mol. The maximum atomic E-state index is 11.3. The summed E-state index contributed by atoms with van der Waals surface area (Å²) < 4.78 is 5.84. The highest BCUT2D eigenvalue weighted by atomic mass is 16.5. The fourth-order valence-electron chi connectivity index (χ4n) is 3.03. The van der Waals surface area contributed by atoms with Crippen molar-refractivity contribution in [3.8, 4) is 0 Å². The number of nitrogens with one attached hydrogen (secondary N) is 1. The van der Waals surface area contributed by atoms with Gasteiger partial charge in [-0.1, -0.05) is 6.07 Å². The molecule has 2 aromatic rings. The highest BCUT2D eigenvalue weighted by Gasteiger charge is 2.40. The third kappa shape index (κ3) is 3.16. The van der Waals surface area contributed by atoms with Gasteiger partial charge in [0, 0.05) is 38.2 Å². The van der Waals surface area contributed by atoms with Crippen LogP contribution in [0.1, 0.15) is 29.6 Å². The Morgan fingerprint density at radius 3 is 2.79 bits per heavy atom. The second-order valence-corrected chi connectivity index (χ2v) is 5.65. The zero-order chi connectivity index (χ0) is 17.0. The highest BCUT2D eigenvalue weighted by Crippen LogP contribution is 2.34. The molecule has 1 aromatic heterocycles. The molecule has 7 heteroatoms. The van der Waals surface area contributed by atoms with Crippen LogP contribution in [0, 0.1) is 0 Å². The van der Waals surface area contributed by atoms with Crippen LogP contribution >= 0.6 is 0 Å². The molecule has 1 atom stereocenters. The third-order valence-corrected chi connectivity index (χ3v) is 4.20. The van der Waals surface area contributed by atoms with E-state index in [0.29, 0.717) is 5.95 Å². The van der Waals surface area contributed by atoms with Crippen LogP contribution in [0.5, 0.6) is 0 Å². The van der Waals surface area contributed by atoms with Gasteiger partial charge < -0.3 is 20.1 Å². The van der Waals surface area contributed by atoms with Crippen LogP contribution in [0.4, 0.5) is 11.6 Å². The lowest BCUT2D eigenvalue weighted by Gasteiger charge is -2.47. The number of aromatic carboxylic acids is 1. The minimum Gasteiger partial charge on any atom is -0.478 e. The van der Waals surface area contributed by atoms with Crippen LogP contribution < -0.4 is 10.2 Å². The molecule has 3 rings (SSSR count). The van der Waals surface area contributed by atoms with Crippen molar-refractivity contribution in [3.63, 3.8) is 0 Å². The number of benzene rings is 1. The molecule has 1 aromatic carbocycles. The number of piperidine rings is 1. The van der Waals surface area contributed by atoms with Gasteiger partial charge in [-0.3, -0.25) is 0 Å². The number of carboxylic acids is 1. The van der Waals surface area contributed by atoms with Gasteiger partial charge in [0.05, 0.1) is 5.56 Å². The number of aromatic nitrogens is 2. The van der Waals surface area contributed by atoms with Gasteiger partial charge in [0.25, 0.3) is 0 Å². The monoisotopic (exact) mass is 328 g/mol. The molecule has 2 heterocycles. The lowest BCUT2D eigenvalue weighted by molar-refractivity contribution is -0.00815. The maximum Gasteiger partial charge on any atom is 0.335 e. The Morgan fingerprint density at radius 1 is 1.29 bits per heavy atom. The molecule has 2 N–H and O–H groups in total. The van der Waals surface area contributed by atoms with Crippen molar-refractivity contribution in [1.82, 2.24) is 9.97 Å². The van der Waals surface area contributed by atoms with Gasteiger partial charge in [0.15, 0.2) is 0 Å². The van der Waals surface area contributed by atoms with E-state index in [-0.39, 0.29) is 5.56 Å². The fraction of sp³-hybridized carbons (Fsp3) is 0.353. The van der Waals surface area contributed by atoms with E-state index < -0.39 is 11.8 Å². The molecule has 126 valence electrons. The Labute approximate surface area is 140 Å². The Balaban J connectivity index is 1.96. The summed E-state index contributed by atoms with van der Waals surface area (Å²) in [5.41, 5.74) is 1.04. The number of rotatable bonds is 5. The lowest BCUT2D eigenvalue weighted by Crippen LogP contribution is -2.59. The molecule has 24 heavy (non-hydrogen) atoms. The first kappa shape index (κ1) is 16.2. The Morgan fingerprint density at radius 2 is 2.08 bits per heavy atom. The molecule has 0 saturated carbocycles. The van der Waals surface area contributed by atoms with E-state index in [9.17, 15) is 9.90 Å². The van der Waals surface area contributed by atoms with Gasteiger partial charge in [0.1, 0.15) is 0 Å². The molecule has 1 saturated heterocycles. The summed E-state index contributed by atoms with van der Waals surface area (Å²) in [6.45, 7) is 0.747. The average molecular weight is 328 g/mol. The van der Waals surface area contributed by atoms with E-state index in [2.05, 4.69) is 15.3 Å². The number of carboxylic acid groups (broad SMARTS) is 1. The minimum absolute atomic E-state index is 0.249. The van der Waals surface area contributed by atoms with E-state index in [1.807, 2.05) is 11.0 Å². The molecule has 1 aliphatic rings. The molecular weight excluding hydrogens is 308 g/mol. The van der Waals surface area contributed by atoms with Crippen molar-refractivity contribution in [3.05, 3.63) is 48.3 Å². The van der Waals surface area contributed by atoms with Crippen LogP contribution in [0.2, 0.25) is 0 Å². The molecule has 7 nitrogen and oxygen atoms in total. The van der Waals surface area contributed by atoms with Crippen LogP contribution in [0.15, 0.2) is 42.7 Å². The molecule has 0 radical (unpaired) electrons. The maximum absolute atomic E-state index is 11.3. The molecule has 0 spiro atoms. The number of hydrogen-bond donors (Lipinski definition) is 2. The molecule has 0 aliphatic carbocycles. The SMILES string of the molecule is COC1(Nc2ncccn2)CCCCN1c1cccc(C(=O)O)c1. The normalized spacial score (nSPS) is 20.6. The summed E-state index contributed by atoms with van der Waals surface area (Å²) >= 11 is 0. The zero-order valence-corrected chi connectivity index (χ0v) is 13.5. The quantitative estimate of drug-likeness (QED) is 0.816. The van der Waals surface area contributed by atoms with E-state index in [0.717, 1.165) is 31.5 Å². The first-order valence-electron chi connectivity index (χ1n) is 7.86. The first-order chi connectivity index (χ1) is 11.6. The van der Waals surface area contributed by atoms with Crippen molar-refractivity contribution in [1.29, 1.82) is 0 Å². The van der Waals surface area contributed by atoms with Gasteiger partial charge in [-0.25, -0.2) is 14.8 Å². The van der Waals surface area contributed by atoms with Crippen molar-refractivity contribution in [2.24, 2.45) is 0 Å². The van der Waals surface area contributed by atoms with Crippen LogP contribution in [0.3, 0.4) is 0 Å². The summed E-state index contributed by atoms with van der Waals surface area (Å²) in [4.78, 5) is 21.7. The van der Waals surface area contributed by atoms with E-state index in [1.54, 1.807) is 43.8 Å². The van der Waals surface area contributed by atoms with Gasteiger partial charge in [-0.05, 0) is 37.1 Å². The number of anilines is 2. The molecule has 1 fully saturated rings. The van der Waals surface area contributed by atoms with Gasteiger partial charge >= 0.3 is 5.97 Å². The van der Waals surface area contributed by atoms with Crippen molar-refractivity contribution in [2.75, 3.05) is 23.9 Å². The molecule has 1 unspecified atom stereocenters. The number of carbonyl (C=O) groups is 1. The number of nitrogens with zero attached hydrogens (tertiary/aromatic N) is 3. The number of ether oxygens (including phenoxy) is 1. The van der Waals surface area contributed by atoms with E-state index in [1.165, 1.54) is 0 Å². The molecule has 1 aliphatic heterocycles. The lowest BCUT2D eigenvalue weighted by atomic mass is 10.0. The van der Waals surface area contributed by atoms with Crippen LogP contribution in [-0.2, 0) is 4.74 Å². The second kappa shape index (κ2) is 6.84. The van der Waals surface area contributed by atoms with Crippen molar-refractivity contribution in [2.45, 2.75) is 25.1 Å². The zero-order valence-electron chi connectivity index (χ0n) is 13.5. The minimum atomic E-state index is -0.948. The van der Waals surface area contributed by atoms with Gasteiger partial charge in [-0.2, -0.15) is 0 Å². The summed E-state index contributed by atoms with van der Waals surface area (Å²) in [7, 11) is 1.63. The first-order valence-corrected chi connectivity index (χ1v) is 7.86. The number of hydrogen-bond acceptors (Lipinski definition) is 6. The Hall–Kier alpha value is -2.67. The average Bonchev–Trinajstić information content (AvgIpc) is 2.63. The molecule has 0 amide bonds. The summed E-state index contributed by atoms with van der Waals surface area (Å²) in [5.74, 6) is -1.28. The third-order valence-electron chi connectivity index (χ3n) is 4.20. The van der Waals surface area contributed by atoms with Crippen molar-refractivity contribution >= 4 is 17.6 Å². The van der Waals surface area contributed by atoms with Crippen molar-refractivity contribution < 1.29 is 14.6 Å².